The van der Waals surface area contributed by atoms with Crippen molar-refractivity contribution in [3.8, 4) is 0 Å². The van der Waals surface area contributed by atoms with Crippen molar-refractivity contribution in [3.63, 3.8) is 0 Å². The molecule has 0 fully saturated rings. The average Bonchev–Trinajstić information content (AvgIpc) is 2.51. The van der Waals surface area contributed by atoms with E-state index in [0.717, 1.165) is 19.3 Å². The van der Waals surface area contributed by atoms with Gasteiger partial charge in [0, 0.05) is 18.6 Å². The van der Waals surface area contributed by atoms with Gasteiger partial charge >= 0.3 is 0 Å². The van der Waals surface area contributed by atoms with Crippen molar-refractivity contribution >= 4 is 28.7 Å². The van der Waals surface area contributed by atoms with Gasteiger partial charge < -0.3 is 0 Å². The first-order valence-corrected chi connectivity index (χ1v) is 5.15. The van der Waals surface area contributed by atoms with E-state index in [-0.39, 0.29) is 17.1 Å². The molecule has 0 aromatic heterocycles. The molecule has 0 saturated carbocycles. The van der Waals surface area contributed by atoms with E-state index in [4.69, 9.17) is 11.6 Å². The number of imide groups is 1. The van der Waals surface area contributed by atoms with Crippen LogP contribution in [-0.4, -0.2) is 17.1 Å². The Bertz CT molecular complexity index is 258. The summed E-state index contributed by atoms with van der Waals surface area (Å²) in [7, 11) is 0. The molecule has 0 bridgehead atoms. The van der Waals surface area contributed by atoms with E-state index in [1.54, 1.807) is 0 Å². The third-order valence-electron chi connectivity index (χ3n) is 1.61. The summed E-state index contributed by atoms with van der Waals surface area (Å²) in [4.78, 5) is 30.2. The predicted octanol–water partition coefficient (Wildman–Crippen LogP) is 1.53. The first-order valence-electron chi connectivity index (χ1n) is 4.77. The van der Waals surface area contributed by atoms with Crippen LogP contribution in [0.3, 0.4) is 0 Å². The van der Waals surface area contributed by atoms with Gasteiger partial charge in [0.25, 0.3) is 11.8 Å². The standard InChI is InChI=1S/C6H11ClO.C4H3NO2/c1-2-3-4-5-6(7)8;6-3-1-2-4(7)5-3/h2-5H2,1H3;1-2H,(H,5,6,7). The van der Waals surface area contributed by atoms with Gasteiger partial charge in [-0.2, -0.15) is 0 Å². The summed E-state index contributed by atoms with van der Waals surface area (Å²) in [6.07, 6.45) is 6.13. The van der Waals surface area contributed by atoms with Crippen molar-refractivity contribution < 1.29 is 14.4 Å². The molecule has 84 valence electrons. The molecule has 0 aromatic rings. The number of unbranched alkanes of at least 4 members (excludes halogenated alkanes) is 2. The van der Waals surface area contributed by atoms with Gasteiger partial charge in [-0.05, 0) is 18.0 Å². The first kappa shape index (κ1) is 13.8. The minimum atomic E-state index is -0.329. The molecule has 0 aromatic carbocycles. The Hall–Kier alpha value is -1.16. The molecule has 0 radical (unpaired) electrons. The van der Waals surface area contributed by atoms with Gasteiger partial charge in [-0.3, -0.25) is 19.7 Å². The second kappa shape index (κ2) is 8.17. The zero-order chi connectivity index (χ0) is 11.7. The van der Waals surface area contributed by atoms with Crippen LogP contribution < -0.4 is 5.32 Å². The molecule has 0 aliphatic carbocycles. The van der Waals surface area contributed by atoms with Gasteiger partial charge in [0.2, 0.25) is 5.24 Å². The molecule has 0 saturated heterocycles. The fraction of sp³-hybridized carbons (Fsp3) is 0.500. The molecule has 2 amide bonds. The van der Waals surface area contributed by atoms with Crippen molar-refractivity contribution in [1.82, 2.24) is 5.32 Å². The third-order valence-corrected chi connectivity index (χ3v) is 1.80. The summed E-state index contributed by atoms with van der Waals surface area (Å²) < 4.78 is 0. The molecule has 1 aliphatic heterocycles. The number of amides is 2. The Morgan fingerprint density at radius 2 is 1.80 bits per heavy atom. The Morgan fingerprint density at radius 1 is 1.27 bits per heavy atom. The number of carbonyl (C=O) groups excluding carboxylic acids is 3. The average molecular weight is 232 g/mol. The van der Waals surface area contributed by atoms with Crippen LogP contribution in [0.4, 0.5) is 0 Å². The van der Waals surface area contributed by atoms with Gasteiger partial charge in [-0.15, -0.1) is 0 Å². The molecule has 1 aliphatic rings. The monoisotopic (exact) mass is 231 g/mol. The van der Waals surface area contributed by atoms with E-state index in [0.29, 0.717) is 6.42 Å². The fourth-order valence-corrected chi connectivity index (χ4v) is 1.00. The highest BCUT2D eigenvalue weighted by Crippen LogP contribution is 2.00. The lowest BCUT2D eigenvalue weighted by atomic mass is 10.2. The summed E-state index contributed by atoms with van der Waals surface area (Å²) in [5.74, 6) is -0.657. The molecular formula is C10H14ClNO3. The van der Waals surface area contributed by atoms with Crippen molar-refractivity contribution in [1.29, 1.82) is 0 Å². The van der Waals surface area contributed by atoms with Crippen molar-refractivity contribution in [2.45, 2.75) is 32.6 Å². The highest BCUT2D eigenvalue weighted by molar-refractivity contribution is 6.63. The second-order valence-electron chi connectivity index (χ2n) is 3.00. The summed E-state index contributed by atoms with van der Waals surface area (Å²) >= 11 is 5.07. The maximum absolute atomic E-state index is 10.1. The van der Waals surface area contributed by atoms with Crippen LogP contribution >= 0.6 is 11.6 Å². The van der Waals surface area contributed by atoms with Crippen molar-refractivity contribution in [2.24, 2.45) is 0 Å². The highest BCUT2D eigenvalue weighted by Gasteiger charge is 2.06. The van der Waals surface area contributed by atoms with Crippen molar-refractivity contribution in [3.05, 3.63) is 12.2 Å². The molecule has 4 nitrogen and oxygen atoms in total. The number of hydrogen-bond donors (Lipinski definition) is 1. The normalized spacial score (nSPS) is 13.2. The topological polar surface area (TPSA) is 63.2 Å². The molecule has 15 heavy (non-hydrogen) atoms. The maximum atomic E-state index is 10.1. The van der Waals surface area contributed by atoms with E-state index in [9.17, 15) is 14.4 Å². The largest absolute Gasteiger partial charge is 0.289 e. The number of halogens is 1. The van der Waals surface area contributed by atoms with Crippen LogP contribution in [0.5, 0.6) is 0 Å². The Morgan fingerprint density at radius 3 is 2.07 bits per heavy atom. The minimum absolute atomic E-state index is 0.210. The van der Waals surface area contributed by atoms with E-state index in [2.05, 4.69) is 6.92 Å². The highest BCUT2D eigenvalue weighted by atomic mass is 35.5. The SMILES string of the molecule is CCCCCC(=O)Cl.O=C1C=CC(=O)N1. The van der Waals surface area contributed by atoms with Crippen LogP contribution in [0.2, 0.25) is 0 Å². The quantitative estimate of drug-likeness (QED) is 0.453. The van der Waals surface area contributed by atoms with Gasteiger partial charge in [0.15, 0.2) is 0 Å². The zero-order valence-electron chi connectivity index (χ0n) is 8.59. The smallest absolute Gasteiger partial charge is 0.250 e. The van der Waals surface area contributed by atoms with Crippen LogP contribution in [0.1, 0.15) is 32.6 Å². The van der Waals surface area contributed by atoms with E-state index in [1.165, 1.54) is 12.2 Å². The first-order chi connectivity index (χ1) is 7.06. The second-order valence-corrected chi connectivity index (χ2v) is 3.42. The number of carbonyl (C=O) groups is 3. The Kier molecular flexibility index (Phi) is 7.54. The summed E-state index contributed by atoms with van der Waals surface area (Å²) in [6, 6.07) is 0. The van der Waals surface area contributed by atoms with E-state index in [1.807, 2.05) is 5.32 Å². The zero-order valence-corrected chi connectivity index (χ0v) is 9.34. The van der Waals surface area contributed by atoms with E-state index >= 15 is 0 Å². The Labute approximate surface area is 93.7 Å². The number of hydrogen-bond acceptors (Lipinski definition) is 3. The molecule has 1 rings (SSSR count). The van der Waals surface area contributed by atoms with Crippen LogP contribution in [-0.2, 0) is 14.4 Å². The lowest BCUT2D eigenvalue weighted by molar-refractivity contribution is -0.123. The molecule has 5 heteroatoms. The predicted molar refractivity (Wildman–Crippen MR) is 57.3 cm³/mol. The summed E-state index contributed by atoms with van der Waals surface area (Å²) in [6.45, 7) is 2.10. The Balaban J connectivity index is 0.000000262. The van der Waals surface area contributed by atoms with Crippen molar-refractivity contribution in [2.75, 3.05) is 0 Å². The van der Waals surface area contributed by atoms with Gasteiger partial charge in [0.1, 0.15) is 0 Å². The summed E-state index contributed by atoms with van der Waals surface area (Å²) in [5.41, 5.74) is 0. The fourth-order valence-electron chi connectivity index (χ4n) is 0.870. The number of nitrogens with one attached hydrogen (secondary N) is 1. The molecule has 0 atom stereocenters. The molecular weight excluding hydrogens is 218 g/mol. The third kappa shape index (κ3) is 9.15. The number of rotatable bonds is 4. The molecule has 0 spiro atoms. The lowest BCUT2D eigenvalue weighted by Crippen LogP contribution is -2.19. The minimum Gasteiger partial charge on any atom is -0.289 e. The molecule has 0 unspecified atom stereocenters. The summed E-state index contributed by atoms with van der Waals surface area (Å²) in [5, 5.41) is 1.82. The van der Waals surface area contributed by atoms with Gasteiger partial charge in [0.05, 0.1) is 0 Å². The maximum Gasteiger partial charge on any atom is 0.250 e. The molecule has 1 heterocycles. The van der Waals surface area contributed by atoms with Gasteiger partial charge in [-0.25, -0.2) is 0 Å². The van der Waals surface area contributed by atoms with Gasteiger partial charge in [-0.1, -0.05) is 19.8 Å². The molecule has 1 N–H and O–H groups in total. The van der Waals surface area contributed by atoms with Crippen LogP contribution in [0.15, 0.2) is 12.2 Å². The van der Waals surface area contributed by atoms with Crippen LogP contribution in [0.25, 0.3) is 0 Å². The van der Waals surface area contributed by atoms with Crippen LogP contribution in [0, 0.1) is 0 Å². The van der Waals surface area contributed by atoms with E-state index < -0.39 is 0 Å². The lowest BCUT2D eigenvalue weighted by Gasteiger charge is -1.89.